The van der Waals surface area contributed by atoms with E-state index >= 15 is 0 Å². The molecule has 3 saturated heterocycles. The van der Waals surface area contributed by atoms with Gasteiger partial charge in [0.2, 0.25) is 0 Å². The molecule has 2 amide bonds. The minimum Gasteiger partial charge on any atom is -0.496 e. The van der Waals surface area contributed by atoms with E-state index in [0.717, 1.165) is 61.5 Å². The van der Waals surface area contributed by atoms with Crippen molar-refractivity contribution in [3.8, 4) is 5.75 Å². The van der Waals surface area contributed by atoms with Gasteiger partial charge >= 0.3 is 0 Å². The van der Waals surface area contributed by atoms with Crippen LogP contribution in [0.1, 0.15) is 70.4 Å². The highest BCUT2D eigenvalue weighted by Gasteiger charge is 2.42. The van der Waals surface area contributed by atoms with E-state index in [1.165, 1.54) is 18.5 Å². The zero-order valence-corrected chi connectivity index (χ0v) is 23.9. The molecule has 6 rings (SSSR count). The van der Waals surface area contributed by atoms with Crippen LogP contribution in [0.15, 0.2) is 60.8 Å². The van der Waals surface area contributed by atoms with Gasteiger partial charge in [0.1, 0.15) is 11.6 Å². The van der Waals surface area contributed by atoms with E-state index in [0.29, 0.717) is 29.8 Å². The van der Waals surface area contributed by atoms with Gasteiger partial charge in [-0.3, -0.25) is 9.59 Å². The van der Waals surface area contributed by atoms with Crippen molar-refractivity contribution in [3.05, 3.63) is 83.0 Å². The van der Waals surface area contributed by atoms with Crippen LogP contribution in [0, 0.1) is 6.92 Å². The van der Waals surface area contributed by atoms with Gasteiger partial charge in [-0.25, -0.2) is 4.98 Å². The number of fused-ring (bicyclic) bond motifs is 2. The van der Waals surface area contributed by atoms with Gasteiger partial charge in [-0.2, -0.15) is 0 Å². The fourth-order valence-electron chi connectivity index (χ4n) is 6.77. The van der Waals surface area contributed by atoms with Crippen molar-refractivity contribution in [1.29, 1.82) is 0 Å². The van der Waals surface area contributed by atoms with Gasteiger partial charge in [-0.1, -0.05) is 18.2 Å². The third-order valence-corrected chi connectivity index (χ3v) is 8.95. The molecule has 3 aliphatic rings. The molecule has 1 aromatic heterocycles. The lowest BCUT2D eigenvalue weighted by atomic mass is 9.96. The van der Waals surface area contributed by atoms with Crippen molar-refractivity contribution < 1.29 is 14.3 Å². The summed E-state index contributed by atoms with van der Waals surface area (Å²) in [6.45, 7) is 4.65. The molecule has 0 aliphatic carbocycles. The predicted octanol–water partition coefficient (Wildman–Crippen LogP) is 4.86. The number of amides is 2. The second-order valence-electron chi connectivity index (χ2n) is 11.5. The molecule has 0 radical (unpaired) electrons. The number of rotatable bonds is 8. The van der Waals surface area contributed by atoms with E-state index < -0.39 is 0 Å². The standard InChI is InChI=1S/C33H39N5O3/c1-22-29(6-5-7-30(22)41-2)33(40)36-25-18-27-13-14-28(19-25)38(27)31-15-10-24(21-34-31)32(39)35-20-23-8-11-26(12-9-23)37-16-3-4-17-37/h5-12,15,21,25,27-28H,3-4,13-14,16-20H2,1-2H3,(H,35,39)(H,36,40)/t25-,27+,28-. The fourth-order valence-corrected chi connectivity index (χ4v) is 6.77. The molecule has 2 bridgehead atoms. The lowest BCUT2D eigenvalue weighted by Gasteiger charge is -2.40. The third-order valence-electron chi connectivity index (χ3n) is 8.95. The van der Waals surface area contributed by atoms with Gasteiger partial charge in [0.15, 0.2) is 0 Å². The van der Waals surface area contributed by atoms with E-state index in [2.05, 4.69) is 44.7 Å². The van der Waals surface area contributed by atoms with Crippen LogP contribution in [0.4, 0.5) is 11.5 Å². The lowest BCUT2D eigenvalue weighted by Crippen LogP contribution is -2.50. The van der Waals surface area contributed by atoms with Crippen LogP contribution in [0.25, 0.3) is 0 Å². The van der Waals surface area contributed by atoms with Crippen molar-refractivity contribution in [3.63, 3.8) is 0 Å². The molecule has 3 aliphatic heterocycles. The molecule has 41 heavy (non-hydrogen) atoms. The first-order valence-corrected chi connectivity index (χ1v) is 14.8. The Morgan fingerprint density at radius 3 is 2.34 bits per heavy atom. The van der Waals surface area contributed by atoms with Crippen molar-refractivity contribution in [2.45, 2.75) is 70.1 Å². The Bertz CT molecular complexity index is 1370. The number of pyridine rings is 1. The largest absolute Gasteiger partial charge is 0.496 e. The third kappa shape index (κ3) is 5.73. The van der Waals surface area contributed by atoms with Crippen LogP contribution in [0.3, 0.4) is 0 Å². The topological polar surface area (TPSA) is 86.8 Å². The van der Waals surface area contributed by atoms with Gasteiger partial charge in [-0.15, -0.1) is 0 Å². The molecule has 8 nitrogen and oxygen atoms in total. The first-order valence-electron chi connectivity index (χ1n) is 14.8. The average Bonchev–Trinajstić information content (AvgIpc) is 3.63. The quantitative estimate of drug-likeness (QED) is 0.415. The maximum atomic E-state index is 13.1. The van der Waals surface area contributed by atoms with Crippen molar-refractivity contribution in [1.82, 2.24) is 15.6 Å². The Kier molecular flexibility index (Phi) is 7.81. The molecule has 3 aromatic rings. The number of methoxy groups -OCH3 is 1. The van der Waals surface area contributed by atoms with E-state index in [-0.39, 0.29) is 17.9 Å². The van der Waals surface area contributed by atoms with Crippen LogP contribution in [-0.2, 0) is 6.54 Å². The van der Waals surface area contributed by atoms with Crippen LogP contribution in [0.5, 0.6) is 5.75 Å². The first-order chi connectivity index (χ1) is 20.0. The molecular weight excluding hydrogens is 514 g/mol. The van der Waals surface area contributed by atoms with Gasteiger partial charge in [0.25, 0.3) is 11.8 Å². The molecule has 3 fully saturated rings. The molecule has 2 N–H and O–H groups in total. The SMILES string of the molecule is COc1cccc(C(=O)N[C@H]2C[C@H]3CC[C@@H](C2)N3c2ccc(C(=O)NCc3ccc(N4CCCC4)cc3)cn2)c1C. The summed E-state index contributed by atoms with van der Waals surface area (Å²) >= 11 is 0. The minimum atomic E-state index is -0.120. The summed E-state index contributed by atoms with van der Waals surface area (Å²) in [7, 11) is 1.62. The number of carbonyl (C=O) groups excluding carboxylic acids is 2. The molecular formula is C33H39N5O3. The zero-order chi connectivity index (χ0) is 28.3. The van der Waals surface area contributed by atoms with Crippen LogP contribution in [-0.4, -0.2) is 55.1 Å². The Labute approximate surface area is 242 Å². The molecule has 0 unspecified atom stereocenters. The number of hydrogen-bond acceptors (Lipinski definition) is 6. The molecule has 0 spiro atoms. The molecule has 4 heterocycles. The first kappa shape index (κ1) is 27.1. The second kappa shape index (κ2) is 11.8. The molecule has 8 heteroatoms. The maximum absolute atomic E-state index is 13.1. The number of hydrogen-bond donors (Lipinski definition) is 2. The van der Waals surface area contributed by atoms with Gasteiger partial charge < -0.3 is 25.2 Å². The highest BCUT2D eigenvalue weighted by atomic mass is 16.5. The molecule has 214 valence electrons. The summed E-state index contributed by atoms with van der Waals surface area (Å²) in [5, 5.41) is 6.30. The van der Waals surface area contributed by atoms with Crippen LogP contribution in [0.2, 0.25) is 0 Å². The molecule has 2 aromatic carbocycles. The van der Waals surface area contributed by atoms with Crippen LogP contribution >= 0.6 is 0 Å². The second-order valence-corrected chi connectivity index (χ2v) is 11.5. The smallest absolute Gasteiger partial charge is 0.253 e. The van der Waals surface area contributed by atoms with E-state index in [1.54, 1.807) is 13.3 Å². The summed E-state index contributed by atoms with van der Waals surface area (Å²) in [5.74, 6) is 1.46. The lowest BCUT2D eigenvalue weighted by molar-refractivity contribution is 0.0923. The highest BCUT2D eigenvalue weighted by molar-refractivity contribution is 5.96. The average molecular weight is 554 g/mol. The number of piperidine rings is 1. The number of aromatic nitrogens is 1. The van der Waals surface area contributed by atoms with Crippen LogP contribution < -0.4 is 25.2 Å². The minimum absolute atomic E-state index is 0.0460. The Morgan fingerprint density at radius 2 is 1.68 bits per heavy atom. The van der Waals surface area contributed by atoms with Crippen molar-refractivity contribution >= 4 is 23.3 Å². The summed E-state index contributed by atoms with van der Waals surface area (Å²) in [6, 6.07) is 18.6. The Morgan fingerprint density at radius 1 is 0.951 bits per heavy atom. The van der Waals surface area contributed by atoms with E-state index in [9.17, 15) is 9.59 Å². The Balaban J connectivity index is 1.03. The monoisotopic (exact) mass is 553 g/mol. The van der Waals surface area contributed by atoms with E-state index in [1.807, 2.05) is 37.3 Å². The summed E-state index contributed by atoms with van der Waals surface area (Å²) < 4.78 is 5.39. The molecule has 3 atom stereocenters. The number of carbonyl (C=O) groups is 2. The number of benzene rings is 2. The van der Waals surface area contributed by atoms with E-state index in [4.69, 9.17) is 9.72 Å². The van der Waals surface area contributed by atoms with Gasteiger partial charge in [-0.05, 0) is 87.4 Å². The molecule has 0 saturated carbocycles. The highest BCUT2D eigenvalue weighted by Crippen LogP contribution is 2.38. The number of ether oxygens (including phenoxy) is 1. The summed E-state index contributed by atoms with van der Waals surface area (Å²) in [6.07, 6.45) is 8.11. The van der Waals surface area contributed by atoms with Crippen molar-refractivity contribution in [2.24, 2.45) is 0 Å². The number of anilines is 2. The number of nitrogens with one attached hydrogen (secondary N) is 2. The summed E-state index contributed by atoms with van der Waals surface area (Å²) in [5.41, 5.74) is 4.42. The fraction of sp³-hybridized carbons (Fsp3) is 0.424. The number of nitrogens with zero attached hydrogens (tertiary/aromatic N) is 3. The predicted molar refractivity (Wildman–Crippen MR) is 161 cm³/mol. The Hall–Kier alpha value is -4.07. The van der Waals surface area contributed by atoms with Gasteiger partial charge in [0.05, 0.1) is 12.7 Å². The maximum Gasteiger partial charge on any atom is 0.253 e. The zero-order valence-electron chi connectivity index (χ0n) is 23.9. The van der Waals surface area contributed by atoms with Crippen molar-refractivity contribution in [2.75, 3.05) is 30.0 Å². The normalized spacial score (nSPS) is 21.6. The summed E-state index contributed by atoms with van der Waals surface area (Å²) in [4.78, 5) is 35.4. The van der Waals surface area contributed by atoms with Gasteiger partial charge in [0, 0.05) is 60.8 Å².